The predicted octanol–water partition coefficient (Wildman–Crippen LogP) is 1.30. The normalized spacial score (nSPS) is 11.7. The second-order valence-electron chi connectivity index (χ2n) is 4.62. The quantitative estimate of drug-likeness (QED) is 0.330. The topological polar surface area (TPSA) is 99.2 Å². The molecule has 0 aliphatic carbocycles. The first-order valence-electron chi connectivity index (χ1n) is 5.93. The molecule has 0 spiro atoms. The molecule has 0 fully saturated rings. The fourth-order valence-corrected chi connectivity index (χ4v) is 1.74. The number of nitrogens with two attached hydrogens (primary N) is 1. The van der Waals surface area contributed by atoms with Crippen LogP contribution in [0.3, 0.4) is 0 Å². The van der Waals surface area contributed by atoms with E-state index >= 15 is 0 Å². The minimum absolute atomic E-state index is 0.0292. The van der Waals surface area contributed by atoms with Crippen LogP contribution in [-0.2, 0) is 0 Å². The van der Waals surface area contributed by atoms with Crippen LogP contribution in [-0.4, -0.2) is 39.5 Å². The van der Waals surface area contributed by atoms with Crippen molar-refractivity contribution in [3.8, 4) is 5.75 Å². The summed E-state index contributed by atoms with van der Waals surface area (Å²) < 4.78 is 0. The van der Waals surface area contributed by atoms with Crippen LogP contribution in [0.4, 0.5) is 0 Å². The summed E-state index contributed by atoms with van der Waals surface area (Å²) >= 11 is 0. The number of hydrogen-bond donors (Lipinski definition) is 3. The molecule has 1 aromatic rings. The molecule has 0 heterocycles. The van der Waals surface area contributed by atoms with Crippen LogP contribution in [0, 0.1) is 6.92 Å². The van der Waals surface area contributed by atoms with Gasteiger partial charge in [-0.15, -0.1) is 0 Å². The lowest BCUT2D eigenvalue weighted by Crippen LogP contribution is -2.43. The number of phenolic OH excluding ortho intramolecular Hbond substituents is 1. The standard InChI is InChI=1S/C13H19N3O3/c1-8(2)16(7-12(14)15-19)13(18)11-5-4-10(17)6-9(11)3/h4-6,8,17,19H,7H2,1-3H3,(H2,14,15). The minimum Gasteiger partial charge on any atom is -0.508 e. The summed E-state index contributed by atoms with van der Waals surface area (Å²) in [6.45, 7) is 5.48. The van der Waals surface area contributed by atoms with Gasteiger partial charge >= 0.3 is 0 Å². The summed E-state index contributed by atoms with van der Waals surface area (Å²) in [6, 6.07) is 4.45. The maximum atomic E-state index is 12.4. The van der Waals surface area contributed by atoms with Crippen molar-refractivity contribution < 1.29 is 15.1 Å². The highest BCUT2D eigenvalue weighted by Crippen LogP contribution is 2.18. The molecule has 104 valence electrons. The van der Waals surface area contributed by atoms with Crippen LogP contribution in [0.2, 0.25) is 0 Å². The highest BCUT2D eigenvalue weighted by Gasteiger charge is 2.21. The number of phenols is 1. The summed E-state index contributed by atoms with van der Waals surface area (Å²) in [6.07, 6.45) is 0. The summed E-state index contributed by atoms with van der Waals surface area (Å²) in [7, 11) is 0. The number of amides is 1. The average molecular weight is 265 g/mol. The molecule has 0 atom stereocenters. The van der Waals surface area contributed by atoms with Gasteiger partial charge in [0.15, 0.2) is 5.84 Å². The van der Waals surface area contributed by atoms with Crippen LogP contribution in [0.25, 0.3) is 0 Å². The molecule has 0 aromatic heterocycles. The largest absolute Gasteiger partial charge is 0.508 e. The van der Waals surface area contributed by atoms with E-state index in [1.807, 2.05) is 13.8 Å². The molecule has 0 aliphatic rings. The van der Waals surface area contributed by atoms with E-state index in [1.165, 1.54) is 17.0 Å². The smallest absolute Gasteiger partial charge is 0.254 e. The Balaban J connectivity index is 3.06. The van der Waals surface area contributed by atoms with Crippen molar-refractivity contribution in [2.75, 3.05) is 6.54 Å². The number of carbonyl (C=O) groups is 1. The summed E-state index contributed by atoms with van der Waals surface area (Å²) in [5, 5.41) is 20.8. The number of oxime groups is 1. The Morgan fingerprint density at radius 3 is 2.58 bits per heavy atom. The van der Waals surface area contributed by atoms with Crippen molar-refractivity contribution in [3.63, 3.8) is 0 Å². The number of aromatic hydroxyl groups is 1. The first-order chi connectivity index (χ1) is 8.86. The minimum atomic E-state index is -0.223. The van der Waals surface area contributed by atoms with Gasteiger partial charge in [0.05, 0.1) is 6.54 Å². The second kappa shape index (κ2) is 6.08. The number of nitrogens with zero attached hydrogens (tertiary/aromatic N) is 2. The van der Waals surface area contributed by atoms with Gasteiger partial charge in [0.2, 0.25) is 0 Å². The molecule has 6 heteroatoms. The number of hydrogen-bond acceptors (Lipinski definition) is 4. The SMILES string of the molecule is Cc1cc(O)ccc1C(=O)N(C/C(N)=N/O)C(C)C. The third kappa shape index (κ3) is 3.61. The molecule has 4 N–H and O–H groups in total. The lowest BCUT2D eigenvalue weighted by atomic mass is 10.1. The van der Waals surface area contributed by atoms with Crippen molar-refractivity contribution in [3.05, 3.63) is 29.3 Å². The van der Waals surface area contributed by atoms with Crippen LogP contribution in [0.5, 0.6) is 5.75 Å². The molecule has 19 heavy (non-hydrogen) atoms. The van der Waals surface area contributed by atoms with Crippen molar-refractivity contribution >= 4 is 11.7 Å². The maximum Gasteiger partial charge on any atom is 0.254 e. The molecule has 0 unspecified atom stereocenters. The van der Waals surface area contributed by atoms with E-state index in [2.05, 4.69) is 5.16 Å². The van der Waals surface area contributed by atoms with E-state index in [9.17, 15) is 9.90 Å². The van der Waals surface area contributed by atoms with Gasteiger partial charge in [-0.25, -0.2) is 0 Å². The molecular formula is C13H19N3O3. The van der Waals surface area contributed by atoms with Gasteiger partial charge in [0.25, 0.3) is 5.91 Å². The third-order valence-corrected chi connectivity index (χ3v) is 2.79. The summed E-state index contributed by atoms with van der Waals surface area (Å²) in [4.78, 5) is 13.9. The predicted molar refractivity (Wildman–Crippen MR) is 72.4 cm³/mol. The second-order valence-corrected chi connectivity index (χ2v) is 4.62. The van der Waals surface area contributed by atoms with Gasteiger partial charge in [-0.2, -0.15) is 0 Å². The molecule has 1 amide bonds. The van der Waals surface area contributed by atoms with E-state index in [0.717, 1.165) is 0 Å². The third-order valence-electron chi connectivity index (χ3n) is 2.79. The zero-order chi connectivity index (χ0) is 14.6. The Bertz CT molecular complexity index is 498. The molecule has 0 saturated carbocycles. The van der Waals surface area contributed by atoms with E-state index < -0.39 is 0 Å². The van der Waals surface area contributed by atoms with Crippen molar-refractivity contribution in [2.45, 2.75) is 26.8 Å². The van der Waals surface area contributed by atoms with E-state index in [-0.39, 0.29) is 30.1 Å². The number of carbonyl (C=O) groups excluding carboxylic acids is 1. The van der Waals surface area contributed by atoms with Crippen LogP contribution >= 0.6 is 0 Å². The summed E-state index contributed by atoms with van der Waals surface area (Å²) in [5.41, 5.74) is 6.62. The lowest BCUT2D eigenvalue weighted by Gasteiger charge is -2.26. The Morgan fingerprint density at radius 1 is 1.47 bits per heavy atom. The van der Waals surface area contributed by atoms with Gasteiger partial charge in [-0.1, -0.05) is 5.16 Å². The van der Waals surface area contributed by atoms with Crippen LogP contribution in [0.15, 0.2) is 23.4 Å². The molecule has 1 rings (SSSR count). The highest BCUT2D eigenvalue weighted by atomic mass is 16.4. The molecule has 0 bridgehead atoms. The molecule has 0 saturated heterocycles. The first kappa shape index (κ1) is 14.8. The van der Waals surface area contributed by atoms with Crippen LogP contribution in [0.1, 0.15) is 29.8 Å². The number of rotatable bonds is 4. The average Bonchev–Trinajstić information content (AvgIpc) is 2.34. The van der Waals surface area contributed by atoms with Gasteiger partial charge in [0.1, 0.15) is 5.75 Å². The Hall–Kier alpha value is -2.24. The van der Waals surface area contributed by atoms with Crippen molar-refractivity contribution in [2.24, 2.45) is 10.9 Å². The monoisotopic (exact) mass is 265 g/mol. The fraction of sp³-hybridized carbons (Fsp3) is 0.385. The Kier molecular flexibility index (Phi) is 4.74. The number of benzene rings is 1. The lowest BCUT2D eigenvalue weighted by molar-refractivity contribution is 0.0733. The number of aryl methyl sites for hydroxylation is 1. The van der Waals surface area contributed by atoms with Crippen molar-refractivity contribution in [1.82, 2.24) is 4.90 Å². The van der Waals surface area contributed by atoms with Gasteiger partial charge in [-0.05, 0) is 44.5 Å². The zero-order valence-electron chi connectivity index (χ0n) is 11.3. The fourth-order valence-electron chi connectivity index (χ4n) is 1.74. The van der Waals surface area contributed by atoms with E-state index in [0.29, 0.717) is 11.1 Å². The molecule has 1 aromatic carbocycles. The van der Waals surface area contributed by atoms with Crippen molar-refractivity contribution in [1.29, 1.82) is 0 Å². The van der Waals surface area contributed by atoms with Crippen LogP contribution < -0.4 is 5.73 Å². The molecule has 0 radical (unpaired) electrons. The Labute approximate surface area is 112 Å². The van der Waals surface area contributed by atoms with E-state index in [4.69, 9.17) is 10.9 Å². The van der Waals surface area contributed by atoms with Gasteiger partial charge < -0.3 is 20.9 Å². The number of amidine groups is 1. The highest BCUT2D eigenvalue weighted by molar-refractivity contribution is 5.98. The van der Waals surface area contributed by atoms with Gasteiger partial charge in [-0.3, -0.25) is 4.79 Å². The zero-order valence-corrected chi connectivity index (χ0v) is 11.3. The molecular weight excluding hydrogens is 246 g/mol. The van der Waals surface area contributed by atoms with E-state index in [1.54, 1.807) is 13.0 Å². The maximum absolute atomic E-state index is 12.4. The molecule has 0 aliphatic heterocycles. The van der Waals surface area contributed by atoms with Gasteiger partial charge in [0, 0.05) is 11.6 Å². The Morgan fingerprint density at radius 2 is 2.11 bits per heavy atom. The molecule has 6 nitrogen and oxygen atoms in total. The summed E-state index contributed by atoms with van der Waals surface area (Å²) in [5.74, 6) is -0.140. The first-order valence-corrected chi connectivity index (χ1v) is 5.93.